The van der Waals surface area contributed by atoms with Crippen molar-refractivity contribution in [1.29, 1.82) is 0 Å². The maximum atomic E-state index is 12.1. The molecule has 0 spiro atoms. The molecule has 122 valence electrons. The molecule has 2 aromatic rings. The van der Waals surface area contributed by atoms with Crippen molar-refractivity contribution in [3.8, 4) is 5.75 Å². The Kier molecular flexibility index (Phi) is 4.38. The number of para-hydroxylation sites is 2. The molecule has 8 heteroatoms. The lowest BCUT2D eigenvalue weighted by atomic mass is 10.2. The number of sulfonamides is 1. The Labute approximate surface area is 138 Å². The van der Waals surface area contributed by atoms with Crippen molar-refractivity contribution >= 4 is 33.0 Å². The van der Waals surface area contributed by atoms with Crippen molar-refractivity contribution < 1.29 is 17.9 Å². The summed E-state index contributed by atoms with van der Waals surface area (Å²) < 4.78 is 32.7. The highest BCUT2D eigenvalue weighted by atomic mass is 32.2. The van der Waals surface area contributed by atoms with Gasteiger partial charge in [0, 0.05) is 17.8 Å². The quantitative estimate of drug-likeness (QED) is 0.863. The van der Waals surface area contributed by atoms with E-state index in [2.05, 4.69) is 10.0 Å². The fourth-order valence-corrected chi connectivity index (χ4v) is 4.61. The fourth-order valence-electron chi connectivity index (χ4n) is 2.23. The Morgan fingerprint density at radius 3 is 2.78 bits per heavy atom. The van der Waals surface area contributed by atoms with Crippen LogP contribution in [0.25, 0.3) is 0 Å². The highest BCUT2D eigenvalue weighted by Crippen LogP contribution is 2.29. The van der Waals surface area contributed by atoms with Gasteiger partial charge < -0.3 is 10.1 Å². The van der Waals surface area contributed by atoms with Crippen molar-refractivity contribution in [3.05, 3.63) is 41.3 Å². The van der Waals surface area contributed by atoms with Gasteiger partial charge >= 0.3 is 0 Å². The molecule has 0 radical (unpaired) electrons. The number of thiophene rings is 1. The van der Waals surface area contributed by atoms with Gasteiger partial charge in [-0.15, -0.1) is 11.3 Å². The number of carbonyl (C=O) groups excluding carboxylic acids is 1. The van der Waals surface area contributed by atoms with Crippen LogP contribution < -0.4 is 14.8 Å². The topological polar surface area (TPSA) is 84.5 Å². The number of anilines is 1. The van der Waals surface area contributed by atoms with Gasteiger partial charge in [-0.3, -0.25) is 4.79 Å². The minimum Gasteiger partial charge on any atom is -0.478 e. The van der Waals surface area contributed by atoms with Crippen LogP contribution in [0.4, 0.5) is 5.69 Å². The minimum atomic E-state index is -3.54. The molecule has 0 saturated carbocycles. The van der Waals surface area contributed by atoms with Crippen molar-refractivity contribution in [1.82, 2.24) is 4.72 Å². The monoisotopic (exact) mass is 352 g/mol. The molecule has 1 aromatic carbocycles. The summed E-state index contributed by atoms with van der Waals surface area (Å²) in [5, 5.41) is 2.75. The molecule has 1 unspecified atom stereocenters. The number of hydrogen-bond donors (Lipinski definition) is 2. The highest BCUT2D eigenvalue weighted by Gasteiger charge is 2.27. The first-order valence-corrected chi connectivity index (χ1v) is 9.38. The van der Waals surface area contributed by atoms with Crippen molar-refractivity contribution in [2.24, 2.45) is 0 Å². The fraction of sp³-hybridized carbons (Fsp3) is 0.267. The molecule has 1 aliphatic rings. The molecule has 1 aliphatic heterocycles. The summed E-state index contributed by atoms with van der Waals surface area (Å²) in [6.07, 6.45) is -0.457. The number of ether oxygens (including phenoxy) is 1. The molecule has 1 atom stereocenters. The van der Waals surface area contributed by atoms with Gasteiger partial charge in [0.15, 0.2) is 6.10 Å². The third-order valence-electron chi connectivity index (χ3n) is 3.39. The molecule has 1 aromatic heterocycles. The molecular formula is C15H16N2O4S2. The number of hydrogen-bond acceptors (Lipinski definition) is 5. The predicted molar refractivity (Wildman–Crippen MR) is 88.3 cm³/mol. The Balaban J connectivity index is 1.60. The van der Waals surface area contributed by atoms with Gasteiger partial charge in [0.1, 0.15) is 9.96 Å². The van der Waals surface area contributed by atoms with Gasteiger partial charge in [0.2, 0.25) is 10.0 Å². The second-order valence-corrected chi connectivity index (χ2v) is 8.43. The van der Waals surface area contributed by atoms with E-state index in [1.54, 1.807) is 30.3 Å². The average molecular weight is 352 g/mol. The van der Waals surface area contributed by atoms with E-state index in [-0.39, 0.29) is 23.1 Å². The van der Waals surface area contributed by atoms with E-state index in [9.17, 15) is 13.2 Å². The molecule has 6 nitrogen and oxygen atoms in total. The third-order valence-corrected chi connectivity index (χ3v) is 6.34. The lowest BCUT2D eigenvalue weighted by Crippen LogP contribution is -2.39. The van der Waals surface area contributed by atoms with Gasteiger partial charge in [0.25, 0.3) is 5.91 Å². The zero-order valence-corrected chi connectivity index (χ0v) is 14.0. The number of amides is 1. The summed E-state index contributed by atoms with van der Waals surface area (Å²) in [4.78, 5) is 12.9. The standard InChI is InChI=1S/C15H16N2O4S2/c1-10-6-7-14(22-10)23(19,20)16-9-8-13-15(18)17-11-4-2-3-5-12(11)21-13/h2-7,13,16H,8-9H2,1H3,(H,17,18). The lowest BCUT2D eigenvalue weighted by Gasteiger charge is -2.25. The van der Waals surface area contributed by atoms with Gasteiger partial charge in [0.05, 0.1) is 5.69 Å². The van der Waals surface area contributed by atoms with E-state index in [0.29, 0.717) is 11.4 Å². The first-order valence-electron chi connectivity index (χ1n) is 7.08. The Hall–Kier alpha value is -1.90. The van der Waals surface area contributed by atoms with Crippen LogP contribution >= 0.6 is 11.3 Å². The SMILES string of the molecule is Cc1ccc(S(=O)(=O)NCCC2Oc3ccccc3NC2=O)s1. The van der Waals surface area contributed by atoms with Crippen LogP contribution in [0.2, 0.25) is 0 Å². The van der Waals surface area contributed by atoms with E-state index in [4.69, 9.17) is 4.74 Å². The van der Waals surface area contributed by atoms with Crippen LogP contribution in [0.5, 0.6) is 5.75 Å². The second kappa shape index (κ2) is 6.31. The third kappa shape index (κ3) is 3.54. The average Bonchev–Trinajstić information content (AvgIpc) is 2.95. The number of nitrogens with one attached hydrogen (secondary N) is 2. The van der Waals surface area contributed by atoms with Crippen LogP contribution in [-0.2, 0) is 14.8 Å². The number of carbonyl (C=O) groups is 1. The van der Waals surface area contributed by atoms with Gasteiger partial charge in [-0.1, -0.05) is 12.1 Å². The van der Waals surface area contributed by atoms with Crippen molar-refractivity contribution in [2.45, 2.75) is 23.7 Å². The second-order valence-electron chi connectivity index (χ2n) is 5.14. The van der Waals surface area contributed by atoms with Gasteiger partial charge in [-0.2, -0.15) is 0 Å². The first-order chi connectivity index (χ1) is 11.0. The molecule has 0 aliphatic carbocycles. The van der Waals surface area contributed by atoms with E-state index in [0.717, 1.165) is 4.88 Å². The largest absolute Gasteiger partial charge is 0.478 e. The Bertz CT molecular complexity index is 830. The van der Waals surface area contributed by atoms with Gasteiger partial charge in [-0.05, 0) is 31.2 Å². The summed E-state index contributed by atoms with van der Waals surface area (Å²) in [5.74, 6) is 0.323. The van der Waals surface area contributed by atoms with Crippen LogP contribution in [0.15, 0.2) is 40.6 Å². The van der Waals surface area contributed by atoms with Crippen molar-refractivity contribution in [3.63, 3.8) is 0 Å². The maximum Gasteiger partial charge on any atom is 0.265 e. The lowest BCUT2D eigenvalue weighted by molar-refractivity contribution is -0.123. The minimum absolute atomic E-state index is 0.125. The summed E-state index contributed by atoms with van der Waals surface area (Å²) >= 11 is 1.21. The van der Waals surface area contributed by atoms with E-state index < -0.39 is 16.1 Å². The van der Waals surface area contributed by atoms with Crippen LogP contribution in [0.3, 0.4) is 0 Å². The molecule has 0 fully saturated rings. The van der Waals surface area contributed by atoms with Crippen molar-refractivity contribution in [2.75, 3.05) is 11.9 Å². The Morgan fingerprint density at radius 2 is 2.04 bits per heavy atom. The molecule has 0 saturated heterocycles. The predicted octanol–water partition coefficient (Wildman–Crippen LogP) is 2.12. The number of fused-ring (bicyclic) bond motifs is 1. The summed E-state index contributed by atoms with van der Waals surface area (Å²) in [5.41, 5.74) is 0.628. The van der Waals surface area contributed by atoms with E-state index in [1.165, 1.54) is 11.3 Å². The smallest absolute Gasteiger partial charge is 0.265 e. The molecule has 23 heavy (non-hydrogen) atoms. The number of benzene rings is 1. The molecule has 2 N–H and O–H groups in total. The zero-order chi connectivity index (χ0) is 16.4. The summed E-state index contributed by atoms with van der Waals surface area (Å²) in [6, 6.07) is 10.5. The summed E-state index contributed by atoms with van der Waals surface area (Å²) in [6.45, 7) is 1.97. The Morgan fingerprint density at radius 1 is 1.26 bits per heavy atom. The molecule has 3 rings (SSSR count). The number of rotatable bonds is 5. The molecule has 2 heterocycles. The molecule has 0 bridgehead atoms. The molecular weight excluding hydrogens is 336 g/mol. The van der Waals surface area contributed by atoms with E-state index in [1.807, 2.05) is 13.0 Å². The van der Waals surface area contributed by atoms with E-state index >= 15 is 0 Å². The normalized spacial score (nSPS) is 17.3. The first kappa shape index (κ1) is 16.0. The zero-order valence-electron chi connectivity index (χ0n) is 12.4. The van der Waals surface area contributed by atoms with Crippen LogP contribution in [-0.4, -0.2) is 27.0 Å². The highest BCUT2D eigenvalue weighted by molar-refractivity contribution is 7.91. The summed E-state index contributed by atoms with van der Waals surface area (Å²) in [7, 11) is -3.54. The van der Waals surface area contributed by atoms with Crippen LogP contribution in [0.1, 0.15) is 11.3 Å². The molecule has 1 amide bonds. The number of aryl methyl sites for hydroxylation is 1. The van der Waals surface area contributed by atoms with Gasteiger partial charge in [-0.25, -0.2) is 13.1 Å². The maximum absolute atomic E-state index is 12.1. The van der Waals surface area contributed by atoms with Crippen LogP contribution in [0, 0.1) is 6.92 Å².